The number of hydrogen-bond donors (Lipinski definition) is 5. The Kier molecular flexibility index (Phi) is 8.95. The number of carbonyl (C=O) groups is 3. The molecule has 4 rings (SSSR count). The molecule has 2 bridgehead atoms. The standard InChI is InChI=1S/C27H39N5O6S/c1-27(2)20-9-10-21(27)19(14-20)16-39(37,38)32-22(25(35)36)15-30-24(34)18-7-4-17(5-8-18)6-11-23(33)31-26-28-12-3-13-29-26/h4-5,7-8,19-22,32H,3,6,9-16H2,1-2H3,(H,30,34)(H,35,36)(H2,28,29,31,33). The summed E-state index contributed by atoms with van der Waals surface area (Å²) in [6.45, 7) is 5.47. The highest BCUT2D eigenvalue weighted by atomic mass is 32.2. The van der Waals surface area contributed by atoms with Crippen LogP contribution in [0.15, 0.2) is 29.3 Å². The summed E-state index contributed by atoms with van der Waals surface area (Å²) < 4.78 is 28.0. The number of guanidine groups is 1. The van der Waals surface area contributed by atoms with Crippen molar-refractivity contribution in [1.82, 2.24) is 20.7 Å². The predicted molar refractivity (Wildman–Crippen MR) is 147 cm³/mol. The minimum atomic E-state index is -3.85. The predicted octanol–water partition coefficient (Wildman–Crippen LogP) is 1.26. The highest BCUT2D eigenvalue weighted by molar-refractivity contribution is 7.89. The monoisotopic (exact) mass is 561 g/mol. The Morgan fingerprint density at radius 3 is 2.51 bits per heavy atom. The molecular weight excluding hydrogens is 522 g/mol. The van der Waals surface area contributed by atoms with Gasteiger partial charge in [-0.1, -0.05) is 26.0 Å². The van der Waals surface area contributed by atoms with Crippen molar-refractivity contribution in [2.24, 2.45) is 28.2 Å². The van der Waals surface area contributed by atoms with E-state index in [4.69, 9.17) is 0 Å². The molecule has 12 heteroatoms. The summed E-state index contributed by atoms with van der Waals surface area (Å²) in [4.78, 5) is 40.7. The second kappa shape index (κ2) is 12.0. The third-order valence-corrected chi connectivity index (χ3v) is 10.0. The van der Waals surface area contributed by atoms with Crippen LogP contribution in [0, 0.1) is 23.2 Å². The third-order valence-electron chi connectivity index (χ3n) is 8.52. The molecule has 4 unspecified atom stereocenters. The number of amides is 2. The van der Waals surface area contributed by atoms with Gasteiger partial charge in [-0.25, -0.2) is 8.42 Å². The average Bonchev–Trinajstić information content (AvgIpc) is 3.31. The maximum Gasteiger partial charge on any atom is 0.323 e. The summed E-state index contributed by atoms with van der Waals surface area (Å²) in [7, 11) is -3.85. The molecule has 3 aliphatic rings. The molecule has 1 aromatic rings. The van der Waals surface area contributed by atoms with Crippen molar-refractivity contribution in [1.29, 1.82) is 0 Å². The Hall–Kier alpha value is -2.99. The number of fused-ring (bicyclic) bond motifs is 2. The maximum atomic E-state index is 12.8. The van der Waals surface area contributed by atoms with Crippen LogP contribution in [0.2, 0.25) is 0 Å². The molecule has 1 aromatic carbocycles. The molecule has 4 atom stereocenters. The number of carboxylic acid groups (broad SMARTS) is 1. The van der Waals surface area contributed by atoms with Gasteiger partial charge in [-0.15, -0.1) is 0 Å². The summed E-state index contributed by atoms with van der Waals surface area (Å²) in [5, 5.41) is 17.9. The molecule has 2 amide bonds. The van der Waals surface area contributed by atoms with E-state index >= 15 is 0 Å². The smallest absolute Gasteiger partial charge is 0.323 e. The zero-order valence-corrected chi connectivity index (χ0v) is 23.4. The minimum absolute atomic E-state index is 0.0163. The van der Waals surface area contributed by atoms with E-state index in [-0.39, 0.29) is 36.0 Å². The molecule has 0 spiro atoms. The molecule has 39 heavy (non-hydrogen) atoms. The number of aliphatic imine (C=N–C) groups is 1. The van der Waals surface area contributed by atoms with Crippen LogP contribution >= 0.6 is 0 Å². The Morgan fingerprint density at radius 2 is 1.92 bits per heavy atom. The number of nitrogens with one attached hydrogen (secondary N) is 4. The first-order valence-corrected chi connectivity index (χ1v) is 15.3. The highest BCUT2D eigenvalue weighted by Crippen LogP contribution is 2.60. The van der Waals surface area contributed by atoms with Crippen molar-refractivity contribution in [3.05, 3.63) is 35.4 Å². The van der Waals surface area contributed by atoms with Gasteiger partial charge >= 0.3 is 5.97 Å². The van der Waals surface area contributed by atoms with Gasteiger partial charge in [-0.3, -0.25) is 24.7 Å². The summed E-state index contributed by atoms with van der Waals surface area (Å²) in [5.74, 6) is -0.776. The van der Waals surface area contributed by atoms with Crippen LogP contribution in [0.4, 0.5) is 0 Å². The van der Waals surface area contributed by atoms with Gasteiger partial charge in [0, 0.05) is 31.6 Å². The maximum absolute atomic E-state index is 12.8. The lowest BCUT2D eigenvalue weighted by Gasteiger charge is -2.27. The van der Waals surface area contributed by atoms with Gasteiger partial charge in [0.1, 0.15) is 6.04 Å². The normalized spacial score (nSPS) is 24.4. The van der Waals surface area contributed by atoms with Crippen molar-refractivity contribution in [3.63, 3.8) is 0 Å². The van der Waals surface area contributed by atoms with Gasteiger partial charge in [-0.2, -0.15) is 4.72 Å². The molecule has 1 heterocycles. The van der Waals surface area contributed by atoms with Gasteiger partial charge in [0.15, 0.2) is 5.96 Å². The third kappa shape index (κ3) is 7.36. The second-order valence-electron chi connectivity index (χ2n) is 11.5. The molecule has 214 valence electrons. The fourth-order valence-electron chi connectivity index (χ4n) is 6.32. The largest absolute Gasteiger partial charge is 0.480 e. The molecule has 0 radical (unpaired) electrons. The van der Waals surface area contributed by atoms with Crippen LogP contribution in [0.25, 0.3) is 0 Å². The van der Waals surface area contributed by atoms with E-state index in [1.54, 1.807) is 24.3 Å². The van der Waals surface area contributed by atoms with E-state index < -0.39 is 27.9 Å². The van der Waals surface area contributed by atoms with Crippen LogP contribution in [-0.2, 0) is 26.0 Å². The number of benzene rings is 1. The molecule has 2 saturated carbocycles. The number of hydrogen-bond acceptors (Lipinski definition) is 7. The molecule has 1 aliphatic heterocycles. The van der Waals surface area contributed by atoms with Crippen molar-refractivity contribution in [2.45, 2.75) is 58.4 Å². The quantitative estimate of drug-likeness (QED) is 0.271. The van der Waals surface area contributed by atoms with Gasteiger partial charge in [0.05, 0.1) is 5.75 Å². The van der Waals surface area contributed by atoms with Crippen LogP contribution in [0.3, 0.4) is 0 Å². The lowest BCUT2D eigenvalue weighted by molar-refractivity contribution is -0.138. The van der Waals surface area contributed by atoms with E-state index in [2.05, 4.69) is 39.5 Å². The summed E-state index contributed by atoms with van der Waals surface area (Å²) in [6, 6.07) is 5.17. The Morgan fingerprint density at radius 1 is 1.18 bits per heavy atom. The minimum Gasteiger partial charge on any atom is -0.480 e. The van der Waals surface area contributed by atoms with Crippen LogP contribution in [-0.4, -0.2) is 68.7 Å². The number of carboxylic acids is 1. The van der Waals surface area contributed by atoms with E-state index in [0.717, 1.165) is 37.8 Å². The van der Waals surface area contributed by atoms with Gasteiger partial charge < -0.3 is 15.7 Å². The topological polar surface area (TPSA) is 166 Å². The van der Waals surface area contributed by atoms with Gasteiger partial charge in [0.2, 0.25) is 15.9 Å². The van der Waals surface area contributed by atoms with Crippen LogP contribution in [0.1, 0.15) is 61.9 Å². The first-order chi connectivity index (χ1) is 18.4. The summed E-state index contributed by atoms with van der Waals surface area (Å²) in [6.07, 6.45) is 4.65. The van der Waals surface area contributed by atoms with Crippen molar-refractivity contribution < 1.29 is 27.9 Å². The molecule has 2 aliphatic carbocycles. The van der Waals surface area contributed by atoms with E-state index in [1.807, 2.05) is 0 Å². The van der Waals surface area contributed by atoms with Crippen LogP contribution < -0.4 is 20.7 Å². The zero-order chi connectivity index (χ0) is 28.2. The molecule has 0 aromatic heterocycles. The highest BCUT2D eigenvalue weighted by Gasteiger charge is 2.53. The number of nitrogens with zero attached hydrogens (tertiary/aromatic N) is 1. The van der Waals surface area contributed by atoms with Crippen LogP contribution in [0.5, 0.6) is 0 Å². The van der Waals surface area contributed by atoms with Gasteiger partial charge in [0.25, 0.3) is 5.91 Å². The van der Waals surface area contributed by atoms with Crippen molar-refractivity contribution in [3.8, 4) is 0 Å². The Balaban J connectivity index is 1.24. The SMILES string of the molecule is CC1(C)C2CCC1C(CS(=O)(=O)NC(CNC(=O)c1ccc(CCC(=O)NC3=NCCCN3)cc1)C(=O)O)C2. The molecule has 11 nitrogen and oxygen atoms in total. The average molecular weight is 562 g/mol. The Labute approximate surface area is 229 Å². The Bertz CT molecular complexity index is 1210. The fraction of sp³-hybridized carbons (Fsp3) is 0.630. The number of aliphatic carboxylic acids is 1. The molecule has 2 fully saturated rings. The van der Waals surface area contributed by atoms with Gasteiger partial charge in [-0.05, 0) is 73.0 Å². The lowest BCUT2D eigenvalue weighted by Crippen LogP contribution is -2.49. The van der Waals surface area contributed by atoms with E-state index in [1.165, 1.54) is 0 Å². The first-order valence-electron chi connectivity index (χ1n) is 13.6. The summed E-state index contributed by atoms with van der Waals surface area (Å²) >= 11 is 0. The number of aryl methyl sites for hydroxylation is 1. The van der Waals surface area contributed by atoms with E-state index in [9.17, 15) is 27.9 Å². The first kappa shape index (κ1) is 29.0. The second-order valence-corrected chi connectivity index (χ2v) is 13.3. The zero-order valence-electron chi connectivity index (χ0n) is 22.5. The summed E-state index contributed by atoms with van der Waals surface area (Å²) in [5.41, 5.74) is 1.28. The fourth-order valence-corrected chi connectivity index (χ4v) is 7.97. The van der Waals surface area contributed by atoms with E-state index in [0.29, 0.717) is 36.3 Å². The van der Waals surface area contributed by atoms with Crippen molar-refractivity contribution >= 4 is 33.8 Å². The molecule has 5 N–H and O–H groups in total. The number of rotatable bonds is 11. The molecule has 0 saturated heterocycles. The molecular formula is C27H39N5O6S. The number of sulfonamides is 1. The van der Waals surface area contributed by atoms with Crippen molar-refractivity contribution in [2.75, 3.05) is 25.4 Å². The number of carbonyl (C=O) groups excluding carboxylic acids is 2. The lowest BCUT2D eigenvalue weighted by atomic mass is 9.80.